The van der Waals surface area contributed by atoms with Gasteiger partial charge >= 0.3 is 12.8 Å². The Balaban J connectivity index is 2.59. The number of likely N-dealkylation sites (N-methyl/N-ethyl adjacent to an activating group) is 1. The molecule has 1 aliphatic heterocycles. The zero-order valence-corrected chi connectivity index (χ0v) is 10.9. The summed E-state index contributed by atoms with van der Waals surface area (Å²) in [6.45, 7) is -3.21. The zero-order chi connectivity index (χ0) is 12.3. The van der Waals surface area contributed by atoms with Gasteiger partial charge in [-0.25, -0.2) is 9.36 Å². The van der Waals surface area contributed by atoms with E-state index < -0.39 is 12.8 Å². The summed E-state index contributed by atoms with van der Waals surface area (Å²) in [7, 11) is 4.02. The molecule has 1 heterocycles. The topological polar surface area (TPSA) is 76.2 Å². The first-order valence-corrected chi connectivity index (χ1v) is 7.48. The molecule has 0 aromatic rings. The molecule has 0 N–H and O–H groups in total. The molecule has 0 aromatic heterocycles. The Morgan fingerprint density at radius 2 is 1.94 bits per heavy atom. The molecule has 1 fully saturated rings. The molecule has 1 rings (SSSR count). The summed E-state index contributed by atoms with van der Waals surface area (Å²) in [6.07, 6.45) is 0. The lowest BCUT2D eigenvalue weighted by molar-refractivity contribution is -0.124. The summed E-state index contributed by atoms with van der Waals surface area (Å²) in [4.78, 5) is 25.1. The largest absolute Gasteiger partial charge is 0.390 e. The van der Waals surface area contributed by atoms with Crippen LogP contribution in [0.5, 0.6) is 0 Å². The molecule has 0 aliphatic carbocycles. The highest BCUT2D eigenvalue weighted by atomic mass is 32.7. The Bertz CT molecular complexity index is 342. The van der Waals surface area contributed by atoms with Crippen LogP contribution in [0, 0.1) is 0 Å². The van der Waals surface area contributed by atoms with Crippen molar-refractivity contribution in [2.24, 2.45) is 0 Å². The normalized spacial score (nSPS) is 17.4. The maximum Gasteiger partial charge on any atom is 0.390 e. The molecule has 0 bridgehead atoms. The minimum absolute atomic E-state index is 0.0407. The highest BCUT2D eigenvalue weighted by molar-refractivity contribution is 8.55. The van der Waals surface area contributed by atoms with Crippen molar-refractivity contribution in [2.45, 2.75) is 0 Å². The van der Waals surface area contributed by atoms with Crippen molar-refractivity contribution in [3.63, 3.8) is 0 Å². The van der Waals surface area contributed by atoms with Gasteiger partial charge in [0.2, 0.25) is 0 Å². The van der Waals surface area contributed by atoms with Crippen molar-refractivity contribution in [3.8, 4) is 0 Å². The van der Waals surface area contributed by atoms with E-state index >= 15 is 0 Å². The average Bonchev–Trinajstić information content (AvgIpc) is 2.51. The number of rotatable bonds is 5. The van der Waals surface area contributed by atoms with Gasteiger partial charge in [-0.05, 0) is 11.4 Å². The number of imide groups is 1. The maximum atomic E-state index is 11.7. The van der Waals surface area contributed by atoms with Crippen LogP contribution in [0.15, 0.2) is 0 Å². The van der Waals surface area contributed by atoms with Crippen molar-refractivity contribution in [3.05, 3.63) is 0 Å². The van der Waals surface area contributed by atoms with Gasteiger partial charge in [-0.15, -0.1) is 0 Å². The molecular formula is C7H13N2O5PS. The summed E-state index contributed by atoms with van der Waals surface area (Å²) in [5.74, 6) is -0.361. The molecule has 0 atom stereocenters. The summed E-state index contributed by atoms with van der Waals surface area (Å²) in [5, 5.41) is 0. The Hall–Kier alpha value is -0.560. The third kappa shape index (κ3) is 2.76. The van der Waals surface area contributed by atoms with Crippen LogP contribution < -0.4 is 0 Å². The van der Waals surface area contributed by atoms with Gasteiger partial charge in [0.15, 0.2) is 0 Å². The molecule has 0 aromatic carbocycles. The van der Waals surface area contributed by atoms with Crippen molar-refractivity contribution >= 4 is 30.1 Å². The van der Waals surface area contributed by atoms with Crippen molar-refractivity contribution in [2.75, 3.05) is 33.7 Å². The minimum Gasteiger partial charge on any atom is -0.318 e. The van der Waals surface area contributed by atoms with Crippen LogP contribution in [0.1, 0.15) is 0 Å². The molecule has 1 saturated heterocycles. The smallest absolute Gasteiger partial charge is 0.318 e. The van der Waals surface area contributed by atoms with Gasteiger partial charge in [0.1, 0.15) is 6.54 Å². The highest BCUT2D eigenvalue weighted by Gasteiger charge is 2.35. The second-order valence-corrected chi connectivity index (χ2v) is 7.29. The van der Waals surface area contributed by atoms with Gasteiger partial charge < -0.3 is 13.9 Å². The van der Waals surface area contributed by atoms with E-state index in [0.29, 0.717) is 0 Å². The van der Waals surface area contributed by atoms with Crippen LogP contribution in [-0.4, -0.2) is 55.4 Å². The first kappa shape index (κ1) is 13.5. The Morgan fingerprint density at radius 1 is 1.38 bits per heavy atom. The number of carbonyl (C=O) groups is 2. The molecule has 92 valence electrons. The lowest BCUT2D eigenvalue weighted by atomic mass is 10.6. The standard InChI is InChI=1S/C7H13N2O5PS/c1-8-4-6(10)9(7(8)11)5-16-15(12,13-2)14-3/h4-5H2,1-3H3. The second-order valence-electron chi connectivity index (χ2n) is 3.03. The molecule has 0 unspecified atom stereocenters. The van der Waals surface area contributed by atoms with Gasteiger partial charge in [-0.1, -0.05) is 0 Å². The molecule has 0 saturated carbocycles. The van der Waals surface area contributed by atoms with Crippen LogP contribution >= 0.6 is 18.2 Å². The number of hydrogen-bond donors (Lipinski definition) is 0. The molecule has 1 aliphatic rings. The van der Waals surface area contributed by atoms with Gasteiger partial charge in [0, 0.05) is 21.3 Å². The second kappa shape index (κ2) is 5.18. The zero-order valence-electron chi connectivity index (χ0n) is 9.21. The van der Waals surface area contributed by atoms with Gasteiger partial charge in [-0.2, -0.15) is 0 Å². The minimum atomic E-state index is -3.25. The first-order chi connectivity index (χ1) is 7.43. The maximum absolute atomic E-state index is 11.7. The monoisotopic (exact) mass is 268 g/mol. The van der Waals surface area contributed by atoms with Crippen molar-refractivity contribution in [1.82, 2.24) is 9.80 Å². The Labute approximate surface area is 97.3 Å². The molecule has 3 amide bonds. The number of amides is 3. The van der Waals surface area contributed by atoms with E-state index in [4.69, 9.17) is 0 Å². The van der Waals surface area contributed by atoms with Crippen molar-refractivity contribution in [1.29, 1.82) is 0 Å². The summed E-state index contributed by atoms with van der Waals surface area (Å²) >= 11 is 0.799. The van der Waals surface area contributed by atoms with Gasteiger partial charge in [-0.3, -0.25) is 9.69 Å². The predicted molar refractivity (Wildman–Crippen MR) is 59.0 cm³/mol. The Kier molecular flexibility index (Phi) is 4.37. The third-order valence-corrected chi connectivity index (χ3v) is 5.80. The van der Waals surface area contributed by atoms with E-state index in [1.165, 1.54) is 26.2 Å². The predicted octanol–water partition coefficient (Wildman–Crippen LogP) is 0.972. The molecule has 7 nitrogen and oxygen atoms in total. The van der Waals surface area contributed by atoms with E-state index in [9.17, 15) is 14.2 Å². The van der Waals surface area contributed by atoms with Crippen LogP contribution in [0.2, 0.25) is 0 Å². The van der Waals surface area contributed by atoms with E-state index in [0.717, 1.165) is 16.3 Å². The molecular weight excluding hydrogens is 255 g/mol. The number of hydrogen-bond acceptors (Lipinski definition) is 6. The molecule has 16 heavy (non-hydrogen) atoms. The summed E-state index contributed by atoms with van der Waals surface area (Å²) in [5.41, 5.74) is 0. The van der Waals surface area contributed by atoms with Gasteiger partial charge in [0.25, 0.3) is 5.91 Å². The van der Waals surface area contributed by atoms with Crippen molar-refractivity contribution < 1.29 is 23.2 Å². The summed E-state index contributed by atoms with van der Waals surface area (Å²) in [6, 6.07) is -0.406. The fraction of sp³-hybridized carbons (Fsp3) is 0.714. The van der Waals surface area contributed by atoms with Crippen LogP contribution in [0.4, 0.5) is 4.79 Å². The lowest BCUT2D eigenvalue weighted by Gasteiger charge is -2.17. The SMILES string of the molecule is COP(=O)(OC)SCN1C(=O)CN(C)C1=O. The summed E-state index contributed by atoms with van der Waals surface area (Å²) < 4.78 is 21.0. The number of nitrogens with zero attached hydrogens (tertiary/aromatic N) is 2. The highest BCUT2D eigenvalue weighted by Crippen LogP contribution is 2.59. The van der Waals surface area contributed by atoms with E-state index in [2.05, 4.69) is 9.05 Å². The van der Waals surface area contributed by atoms with Crippen LogP contribution in [0.3, 0.4) is 0 Å². The third-order valence-electron chi connectivity index (χ3n) is 2.02. The fourth-order valence-electron chi connectivity index (χ4n) is 1.10. The fourth-order valence-corrected chi connectivity index (χ4v) is 3.38. The number of urea groups is 1. The van der Waals surface area contributed by atoms with E-state index in [-0.39, 0.29) is 18.3 Å². The number of carbonyl (C=O) groups excluding carboxylic acids is 2. The van der Waals surface area contributed by atoms with Crippen LogP contribution in [-0.2, 0) is 18.4 Å². The van der Waals surface area contributed by atoms with E-state index in [1.54, 1.807) is 0 Å². The molecule has 0 radical (unpaired) electrons. The quantitative estimate of drug-likeness (QED) is 0.546. The van der Waals surface area contributed by atoms with Gasteiger partial charge in [0.05, 0.1) is 5.88 Å². The Morgan fingerprint density at radius 3 is 2.31 bits per heavy atom. The average molecular weight is 268 g/mol. The molecule has 9 heteroatoms. The van der Waals surface area contributed by atoms with E-state index in [1.807, 2.05) is 0 Å². The molecule has 0 spiro atoms. The lowest BCUT2D eigenvalue weighted by Crippen LogP contribution is -2.31. The van der Waals surface area contributed by atoms with Crippen LogP contribution in [0.25, 0.3) is 0 Å². The first-order valence-electron chi connectivity index (χ1n) is 4.35.